The summed E-state index contributed by atoms with van der Waals surface area (Å²) in [5.41, 5.74) is 0. The van der Waals surface area contributed by atoms with Crippen LogP contribution in [0.4, 0.5) is 0 Å². The molecule has 0 rings (SSSR count). The number of hydrogen-bond donors (Lipinski definition) is 3. The first-order chi connectivity index (χ1) is 25.3. The summed E-state index contributed by atoms with van der Waals surface area (Å²) in [6.07, 6.45) is 40.2. The zero-order valence-corrected chi connectivity index (χ0v) is 34.7. The Labute approximate surface area is 319 Å². The summed E-state index contributed by atoms with van der Waals surface area (Å²) in [7, 11) is -4.40. The van der Waals surface area contributed by atoms with Gasteiger partial charge in [0.2, 0.25) is 5.91 Å². The summed E-state index contributed by atoms with van der Waals surface area (Å²) >= 11 is 0. The lowest BCUT2D eigenvalue weighted by Gasteiger charge is -2.15. The summed E-state index contributed by atoms with van der Waals surface area (Å²) in [4.78, 5) is 33.7. The quantitative estimate of drug-likeness (QED) is 0.0243. The smallest absolute Gasteiger partial charge is 0.463 e. The van der Waals surface area contributed by atoms with Crippen molar-refractivity contribution in [3.05, 3.63) is 12.2 Å². The lowest BCUT2D eigenvalue weighted by atomic mass is 10.0. The Morgan fingerprint density at radius 2 is 0.981 bits per heavy atom. The zero-order valence-electron chi connectivity index (χ0n) is 33.8. The molecule has 308 valence electrons. The number of ether oxygens (including phenoxy) is 1. The Hall–Kier alpha value is -1.25. The SMILES string of the molecule is CCCCCCCC/C=C/CCCCCCCCCCCCCCCC(=O)OCC(O)COP(=O)(O)OCCNC(=O)CCCCCCCCCC. The summed E-state index contributed by atoms with van der Waals surface area (Å²) < 4.78 is 26.8. The Bertz CT molecular complexity index is 871. The van der Waals surface area contributed by atoms with Crippen molar-refractivity contribution in [2.75, 3.05) is 26.4 Å². The number of phosphoric ester groups is 1. The highest BCUT2D eigenvalue weighted by Crippen LogP contribution is 2.42. The fourth-order valence-electron chi connectivity index (χ4n) is 6.14. The van der Waals surface area contributed by atoms with Gasteiger partial charge in [-0.3, -0.25) is 18.6 Å². The van der Waals surface area contributed by atoms with Crippen LogP contribution in [0.25, 0.3) is 0 Å². The van der Waals surface area contributed by atoms with E-state index in [1.165, 1.54) is 148 Å². The summed E-state index contributed by atoms with van der Waals surface area (Å²) in [5, 5.41) is 12.7. The molecule has 0 saturated heterocycles. The number of carbonyl (C=O) groups is 2. The highest BCUT2D eigenvalue weighted by atomic mass is 31.2. The molecule has 0 aromatic carbocycles. The molecule has 0 aromatic heterocycles. The first-order valence-corrected chi connectivity index (χ1v) is 23.2. The van der Waals surface area contributed by atoms with Crippen LogP contribution in [0.2, 0.25) is 0 Å². The van der Waals surface area contributed by atoms with Crippen LogP contribution < -0.4 is 5.32 Å². The second kappa shape index (κ2) is 39.4. The van der Waals surface area contributed by atoms with E-state index in [0.717, 1.165) is 38.5 Å². The predicted octanol–water partition coefficient (Wildman–Crippen LogP) is 11.8. The highest BCUT2D eigenvalue weighted by molar-refractivity contribution is 7.47. The molecule has 0 aliphatic rings. The number of rotatable bonds is 41. The lowest BCUT2D eigenvalue weighted by Crippen LogP contribution is -2.27. The van der Waals surface area contributed by atoms with Gasteiger partial charge in [0.15, 0.2) is 0 Å². The monoisotopic (exact) mass is 760 g/mol. The molecule has 0 aliphatic carbocycles. The standard InChI is InChI=1S/C42H82NO8P/c1-3-5-7-9-11-13-14-15-16-17-18-19-20-21-22-23-24-25-26-27-29-31-33-35-42(46)49-38-40(44)39-51-52(47,48)50-37-36-43-41(45)34-32-30-28-12-10-8-6-4-2/h15-16,40,44H,3-14,17-39H2,1-2H3,(H,43,45)(H,47,48)/b16-15+. The van der Waals surface area contributed by atoms with Gasteiger partial charge in [0, 0.05) is 19.4 Å². The van der Waals surface area contributed by atoms with Crippen molar-refractivity contribution in [1.29, 1.82) is 0 Å². The van der Waals surface area contributed by atoms with Crippen LogP contribution in [0, 0.1) is 0 Å². The number of carbonyl (C=O) groups excluding carboxylic acids is 2. The highest BCUT2D eigenvalue weighted by Gasteiger charge is 2.23. The molecule has 0 aliphatic heterocycles. The van der Waals surface area contributed by atoms with Gasteiger partial charge >= 0.3 is 13.8 Å². The summed E-state index contributed by atoms with van der Waals surface area (Å²) in [6, 6.07) is 0. The first kappa shape index (κ1) is 50.8. The minimum atomic E-state index is -4.40. The second-order valence-electron chi connectivity index (χ2n) is 14.7. The Morgan fingerprint density at radius 1 is 0.577 bits per heavy atom. The molecule has 2 atom stereocenters. The molecule has 3 N–H and O–H groups in total. The number of aliphatic hydroxyl groups excluding tert-OH is 1. The Balaban J connectivity index is 3.52. The van der Waals surface area contributed by atoms with E-state index in [9.17, 15) is 24.2 Å². The maximum absolute atomic E-state index is 12.0. The van der Waals surface area contributed by atoms with Crippen LogP contribution in [0.5, 0.6) is 0 Å². The number of hydrogen-bond acceptors (Lipinski definition) is 7. The van der Waals surface area contributed by atoms with Gasteiger partial charge < -0.3 is 20.1 Å². The normalized spacial score (nSPS) is 13.4. The van der Waals surface area contributed by atoms with Crippen LogP contribution in [0.1, 0.15) is 213 Å². The third kappa shape index (κ3) is 39.9. The van der Waals surface area contributed by atoms with Crippen LogP contribution in [-0.2, 0) is 27.9 Å². The molecule has 9 nitrogen and oxygen atoms in total. The zero-order chi connectivity index (χ0) is 38.2. The molecule has 0 spiro atoms. The number of phosphoric acid groups is 1. The minimum absolute atomic E-state index is 0.0854. The van der Waals surface area contributed by atoms with Crippen LogP contribution in [0.15, 0.2) is 12.2 Å². The van der Waals surface area contributed by atoms with Crippen molar-refractivity contribution >= 4 is 19.7 Å². The number of allylic oxidation sites excluding steroid dienone is 2. The van der Waals surface area contributed by atoms with Crippen molar-refractivity contribution in [3.8, 4) is 0 Å². The summed E-state index contributed by atoms with van der Waals surface area (Å²) in [5.74, 6) is -0.514. The number of amides is 1. The van der Waals surface area contributed by atoms with Gasteiger partial charge in [-0.2, -0.15) is 0 Å². The van der Waals surface area contributed by atoms with Gasteiger partial charge in [-0.1, -0.05) is 174 Å². The van der Waals surface area contributed by atoms with Crippen LogP contribution >= 0.6 is 7.82 Å². The molecule has 0 saturated carbocycles. The van der Waals surface area contributed by atoms with Gasteiger partial charge in [-0.15, -0.1) is 0 Å². The minimum Gasteiger partial charge on any atom is -0.463 e. The van der Waals surface area contributed by atoms with Gasteiger partial charge in [-0.25, -0.2) is 4.57 Å². The molecule has 0 fully saturated rings. The third-order valence-electron chi connectivity index (χ3n) is 9.45. The van der Waals surface area contributed by atoms with E-state index in [-0.39, 0.29) is 32.1 Å². The molecule has 0 aromatic rings. The molecule has 52 heavy (non-hydrogen) atoms. The molecule has 0 bridgehead atoms. The molecule has 0 radical (unpaired) electrons. The topological polar surface area (TPSA) is 131 Å². The average Bonchev–Trinajstić information content (AvgIpc) is 3.13. The van der Waals surface area contributed by atoms with Crippen molar-refractivity contribution in [2.24, 2.45) is 0 Å². The van der Waals surface area contributed by atoms with E-state index in [1.54, 1.807) is 0 Å². The second-order valence-corrected chi connectivity index (χ2v) is 16.1. The van der Waals surface area contributed by atoms with Gasteiger partial charge in [0.05, 0.1) is 13.2 Å². The number of aliphatic hydroxyl groups is 1. The Kier molecular flexibility index (Phi) is 38.5. The molecule has 2 unspecified atom stereocenters. The fourth-order valence-corrected chi connectivity index (χ4v) is 6.90. The van der Waals surface area contributed by atoms with Crippen molar-refractivity contribution < 1.29 is 37.9 Å². The number of esters is 1. The maximum Gasteiger partial charge on any atom is 0.472 e. The molecule has 1 amide bonds. The van der Waals surface area contributed by atoms with E-state index < -0.39 is 26.5 Å². The van der Waals surface area contributed by atoms with E-state index >= 15 is 0 Å². The largest absolute Gasteiger partial charge is 0.472 e. The number of unbranched alkanes of at least 4 members (excludes halogenated alkanes) is 26. The predicted molar refractivity (Wildman–Crippen MR) is 215 cm³/mol. The van der Waals surface area contributed by atoms with Crippen molar-refractivity contribution in [1.82, 2.24) is 5.32 Å². The van der Waals surface area contributed by atoms with Crippen LogP contribution in [-0.4, -0.2) is 54.3 Å². The maximum atomic E-state index is 12.0. The summed E-state index contributed by atoms with van der Waals surface area (Å²) in [6.45, 7) is 3.54. The molecular formula is C42H82NO8P. The molecule has 0 heterocycles. The third-order valence-corrected chi connectivity index (χ3v) is 10.4. The van der Waals surface area contributed by atoms with E-state index in [2.05, 4.69) is 31.3 Å². The first-order valence-electron chi connectivity index (χ1n) is 21.7. The lowest BCUT2D eigenvalue weighted by molar-refractivity contribution is -0.147. The van der Waals surface area contributed by atoms with E-state index in [1.807, 2.05) is 0 Å². The molecular weight excluding hydrogens is 677 g/mol. The number of nitrogens with one attached hydrogen (secondary N) is 1. The Morgan fingerprint density at radius 3 is 1.44 bits per heavy atom. The van der Waals surface area contributed by atoms with Gasteiger partial charge in [0.1, 0.15) is 12.7 Å². The van der Waals surface area contributed by atoms with Crippen molar-refractivity contribution in [3.63, 3.8) is 0 Å². The molecule has 10 heteroatoms. The van der Waals surface area contributed by atoms with Gasteiger partial charge in [-0.05, 0) is 38.5 Å². The fraction of sp³-hybridized carbons (Fsp3) is 0.905. The van der Waals surface area contributed by atoms with Gasteiger partial charge in [0.25, 0.3) is 0 Å². The van der Waals surface area contributed by atoms with E-state index in [0.29, 0.717) is 6.42 Å². The van der Waals surface area contributed by atoms with Crippen molar-refractivity contribution in [2.45, 2.75) is 219 Å². The van der Waals surface area contributed by atoms with E-state index in [4.69, 9.17) is 13.8 Å². The van der Waals surface area contributed by atoms with Crippen LogP contribution in [0.3, 0.4) is 0 Å². The average molecular weight is 760 g/mol.